The Morgan fingerprint density at radius 3 is 2.65 bits per heavy atom. The van der Waals surface area contributed by atoms with Crippen molar-refractivity contribution in [3.63, 3.8) is 0 Å². The molecule has 1 rings (SSSR count). The Labute approximate surface area is 139 Å². The number of aliphatic hydroxyl groups is 2. The fourth-order valence-electron chi connectivity index (χ4n) is 2.47. The number of carbonyl (C=O) groups is 1. The third kappa shape index (κ3) is 6.09. The number of methoxy groups -OCH3 is 1. The Kier molecular flexibility index (Phi) is 7.45. The first-order valence-electron chi connectivity index (χ1n) is 8.16. The van der Waals surface area contributed by atoms with E-state index in [1.807, 2.05) is 20.8 Å². The van der Waals surface area contributed by atoms with Crippen molar-refractivity contribution in [1.82, 2.24) is 0 Å². The van der Waals surface area contributed by atoms with Crippen molar-refractivity contribution in [2.24, 2.45) is 5.92 Å². The highest BCUT2D eigenvalue weighted by Crippen LogP contribution is 2.21. The average molecular weight is 326 g/mol. The summed E-state index contributed by atoms with van der Waals surface area (Å²) in [6.07, 6.45) is 5.06. The minimum absolute atomic E-state index is 0.208. The highest BCUT2D eigenvalue weighted by Gasteiger charge is 2.31. The normalized spacial score (nSPS) is 41.3. The summed E-state index contributed by atoms with van der Waals surface area (Å²) in [6, 6.07) is 0. The van der Waals surface area contributed by atoms with E-state index in [0.29, 0.717) is 0 Å². The van der Waals surface area contributed by atoms with Gasteiger partial charge in [0.2, 0.25) is 0 Å². The van der Waals surface area contributed by atoms with Crippen LogP contribution in [0, 0.1) is 5.92 Å². The minimum atomic E-state index is -1.53. The van der Waals surface area contributed by atoms with Crippen LogP contribution >= 0.6 is 0 Å². The topological polar surface area (TPSA) is 76.0 Å². The molecule has 132 valence electrons. The first kappa shape index (κ1) is 19.9. The second-order valence-corrected chi connectivity index (χ2v) is 6.66. The molecule has 1 heterocycles. The molecule has 0 bridgehead atoms. The standard InChI is InChI=1S/C18H30O5/c1-12-7-6-8-13(2)15(22-5)9-10-18(4,21)16(19)11-17(20)23-14(12)3/h8-10,12,14-16,19,21H,6-7,11H2,1-5H3/b10-9-,13-8-/t12-,14-,15+,16-,18-/m1/s1. The molecule has 5 nitrogen and oxygen atoms in total. The number of hydrogen-bond acceptors (Lipinski definition) is 5. The molecule has 0 amide bonds. The van der Waals surface area contributed by atoms with Crippen LogP contribution in [0.5, 0.6) is 0 Å². The first-order chi connectivity index (χ1) is 10.7. The molecular formula is C18H30O5. The molecule has 1 aliphatic rings. The molecule has 0 aliphatic carbocycles. The lowest BCUT2D eigenvalue weighted by atomic mass is 9.93. The van der Waals surface area contributed by atoms with Crippen LogP contribution in [0.1, 0.15) is 47.0 Å². The van der Waals surface area contributed by atoms with Crippen LogP contribution in [0.2, 0.25) is 0 Å². The fraction of sp³-hybridized carbons (Fsp3) is 0.722. The lowest BCUT2D eigenvalue weighted by Gasteiger charge is -2.27. The summed E-state index contributed by atoms with van der Waals surface area (Å²) in [5.74, 6) is -0.294. The number of hydrogen-bond donors (Lipinski definition) is 2. The van der Waals surface area contributed by atoms with Crippen LogP contribution in [0.25, 0.3) is 0 Å². The summed E-state index contributed by atoms with van der Waals surface area (Å²) in [6.45, 7) is 7.33. The summed E-state index contributed by atoms with van der Waals surface area (Å²) >= 11 is 0. The summed E-state index contributed by atoms with van der Waals surface area (Å²) in [4.78, 5) is 11.9. The molecule has 5 atom stereocenters. The highest BCUT2D eigenvalue weighted by atomic mass is 16.5. The first-order valence-corrected chi connectivity index (χ1v) is 8.16. The van der Waals surface area contributed by atoms with Gasteiger partial charge in [0.05, 0.1) is 18.6 Å². The number of ether oxygens (including phenoxy) is 2. The van der Waals surface area contributed by atoms with Gasteiger partial charge in [0.25, 0.3) is 0 Å². The van der Waals surface area contributed by atoms with Gasteiger partial charge in [-0.2, -0.15) is 0 Å². The molecule has 0 fully saturated rings. The molecule has 0 aromatic rings. The number of aliphatic hydroxyl groups excluding tert-OH is 1. The third-order valence-corrected chi connectivity index (χ3v) is 4.55. The molecule has 0 saturated heterocycles. The second-order valence-electron chi connectivity index (χ2n) is 6.66. The Morgan fingerprint density at radius 2 is 2.04 bits per heavy atom. The summed E-state index contributed by atoms with van der Waals surface area (Å²) in [5.41, 5.74) is -0.488. The molecule has 0 radical (unpaired) electrons. The van der Waals surface area contributed by atoms with Gasteiger partial charge in [-0.25, -0.2) is 0 Å². The molecule has 0 unspecified atom stereocenters. The van der Waals surface area contributed by atoms with Crippen LogP contribution in [0.3, 0.4) is 0 Å². The molecule has 0 saturated carbocycles. The maximum atomic E-state index is 11.9. The number of carbonyl (C=O) groups excluding carboxylic acids is 1. The van der Waals surface area contributed by atoms with E-state index in [2.05, 4.69) is 6.08 Å². The zero-order valence-electron chi connectivity index (χ0n) is 14.8. The molecule has 0 spiro atoms. The molecule has 0 aromatic carbocycles. The van der Waals surface area contributed by atoms with E-state index >= 15 is 0 Å². The molecule has 5 heteroatoms. The van der Waals surface area contributed by atoms with Gasteiger partial charge >= 0.3 is 5.97 Å². The predicted molar refractivity (Wildman–Crippen MR) is 88.9 cm³/mol. The van der Waals surface area contributed by atoms with Crippen LogP contribution in [-0.2, 0) is 14.3 Å². The van der Waals surface area contributed by atoms with Gasteiger partial charge < -0.3 is 19.7 Å². The zero-order chi connectivity index (χ0) is 17.6. The molecule has 0 aromatic heterocycles. The van der Waals surface area contributed by atoms with E-state index in [1.54, 1.807) is 13.2 Å². The summed E-state index contributed by atoms with van der Waals surface area (Å²) in [7, 11) is 1.60. The van der Waals surface area contributed by atoms with Crippen molar-refractivity contribution in [3.8, 4) is 0 Å². The van der Waals surface area contributed by atoms with Crippen LogP contribution in [0.4, 0.5) is 0 Å². The predicted octanol–water partition coefficient (Wildman–Crippen LogP) is 2.37. The van der Waals surface area contributed by atoms with Crippen molar-refractivity contribution in [3.05, 3.63) is 23.8 Å². The Hall–Kier alpha value is -1.17. The van der Waals surface area contributed by atoms with E-state index in [1.165, 1.54) is 13.0 Å². The lowest BCUT2D eigenvalue weighted by molar-refractivity contribution is -0.156. The number of esters is 1. The summed E-state index contributed by atoms with van der Waals surface area (Å²) in [5, 5.41) is 20.5. The second kappa shape index (κ2) is 8.62. The van der Waals surface area contributed by atoms with Gasteiger partial charge in [-0.1, -0.05) is 25.2 Å². The largest absolute Gasteiger partial charge is 0.462 e. The quantitative estimate of drug-likeness (QED) is 0.571. The van der Waals surface area contributed by atoms with Gasteiger partial charge in [-0.15, -0.1) is 0 Å². The van der Waals surface area contributed by atoms with Gasteiger partial charge in [0.1, 0.15) is 11.7 Å². The summed E-state index contributed by atoms with van der Waals surface area (Å²) < 4.78 is 10.8. The van der Waals surface area contributed by atoms with Crippen LogP contribution < -0.4 is 0 Å². The fourth-order valence-corrected chi connectivity index (χ4v) is 2.47. The van der Waals surface area contributed by atoms with E-state index in [0.717, 1.165) is 18.4 Å². The molecular weight excluding hydrogens is 296 g/mol. The number of rotatable bonds is 1. The van der Waals surface area contributed by atoms with E-state index < -0.39 is 17.7 Å². The van der Waals surface area contributed by atoms with Crippen molar-refractivity contribution in [2.75, 3.05) is 7.11 Å². The molecule has 23 heavy (non-hydrogen) atoms. The van der Waals surface area contributed by atoms with Gasteiger partial charge in [0, 0.05) is 7.11 Å². The Bertz CT molecular complexity index is 452. The number of cyclic esters (lactones) is 1. The van der Waals surface area contributed by atoms with E-state index in [4.69, 9.17) is 9.47 Å². The van der Waals surface area contributed by atoms with Crippen LogP contribution in [-0.4, -0.2) is 47.2 Å². The minimum Gasteiger partial charge on any atom is -0.462 e. The highest BCUT2D eigenvalue weighted by molar-refractivity contribution is 5.70. The lowest BCUT2D eigenvalue weighted by Crippen LogP contribution is -2.40. The molecule has 2 N–H and O–H groups in total. The number of allylic oxidation sites excluding steroid dienone is 1. The maximum absolute atomic E-state index is 11.9. The Balaban J connectivity index is 3.04. The van der Waals surface area contributed by atoms with Crippen molar-refractivity contribution >= 4 is 5.97 Å². The zero-order valence-corrected chi connectivity index (χ0v) is 14.8. The molecule has 1 aliphatic heterocycles. The SMILES string of the molecule is CO[C@H]1/C=C\[C@@](C)(O)[C@H](O)CC(=O)O[C@H](C)[C@H](C)CC/C=C\1C. The van der Waals surface area contributed by atoms with Crippen molar-refractivity contribution in [2.45, 2.75) is 70.9 Å². The third-order valence-electron chi connectivity index (χ3n) is 4.55. The van der Waals surface area contributed by atoms with Crippen molar-refractivity contribution < 1.29 is 24.5 Å². The van der Waals surface area contributed by atoms with Crippen LogP contribution in [0.15, 0.2) is 23.8 Å². The van der Waals surface area contributed by atoms with E-state index in [9.17, 15) is 15.0 Å². The Morgan fingerprint density at radius 1 is 1.39 bits per heavy atom. The average Bonchev–Trinajstić information content (AvgIpc) is 2.46. The monoisotopic (exact) mass is 326 g/mol. The smallest absolute Gasteiger partial charge is 0.308 e. The maximum Gasteiger partial charge on any atom is 0.308 e. The van der Waals surface area contributed by atoms with E-state index in [-0.39, 0.29) is 24.5 Å². The van der Waals surface area contributed by atoms with Crippen molar-refractivity contribution in [1.29, 1.82) is 0 Å². The van der Waals surface area contributed by atoms with Gasteiger partial charge in [0.15, 0.2) is 0 Å². The van der Waals surface area contributed by atoms with Gasteiger partial charge in [-0.3, -0.25) is 4.79 Å². The van der Waals surface area contributed by atoms with Gasteiger partial charge in [-0.05, 0) is 45.1 Å².